The second-order valence-corrected chi connectivity index (χ2v) is 9.48. The Bertz CT molecular complexity index is 1350. The lowest BCUT2D eigenvalue weighted by molar-refractivity contribution is 0.0903. The van der Waals surface area contributed by atoms with Crippen LogP contribution in [-0.2, 0) is 6.54 Å². The molecule has 3 heterocycles. The topological polar surface area (TPSA) is 95.0 Å². The van der Waals surface area contributed by atoms with E-state index in [9.17, 15) is 9.59 Å². The normalized spacial score (nSPS) is 19.3. The largest absolute Gasteiger partial charge is 0.496 e. The van der Waals surface area contributed by atoms with E-state index in [0.717, 1.165) is 57.0 Å². The van der Waals surface area contributed by atoms with Crippen molar-refractivity contribution in [2.45, 2.75) is 31.7 Å². The van der Waals surface area contributed by atoms with Gasteiger partial charge in [-0.15, -0.1) is 0 Å². The zero-order valence-corrected chi connectivity index (χ0v) is 21.0. The van der Waals surface area contributed by atoms with Crippen LogP contribution in [0.15, 0.2) is 39.9 Å². The molecule has 9 heteroatoms. The molecule has 1 N–H and O–H groups in total. The highest BCUT2D eigenvalue weighted by Crippen LogP contribution is 2.46. The number of methoxy groups -OCH3 is 3. The van der Waals surface area contributed by atoms with Gasteiger partial charge < -0.3 is 23.8 Å². The number of fused-ring (bicyclic) bond motifs is 4. The number of aromatic nitrogens is 2. The monoisotopic (exact) mass is 495 g/mol. The van der Waals surface area contributed by atoms with E-state index in [4.69, 9.17) is 18.9 Å². The predicted octanol–water partition coefficient (Wildman–Crippen LogP) is 2.99. The SMILES string of the molecule is COc1cc2c(=O)[nH]c(=O)n(CCCCN3CC[C@@H]4c5c(OC)cccc5OC[C@H]4C3)c2cc1OC. The van der Waals surface area contributed by atoms with Crippen LogP contribution in [0, 0.1) is 5.92 Å². The first-order chi connectivity index (χ1) is 17.5. The van der Waals surface area contributed by atoms with Crippen molar-refractivity contribution >= 4 is 10.9 Å². The van der Waals surface area contributed by atoms with E-state index in [2.05, 4.69) is 9.88 Å². The summed E-state index contributed by atoms with van der Waals surface area (Å²) in [4.78, 5) is 29.9. The fourth-order valence-corrected chi connectivity index (χ4v) is 5.69. The van der Waals surface area contributed by atoms with Gasteiger partial charge in [-0.3, -0.25) is 14.3 Å². The number of hydrogen-bond acceptors (Lipinski definition) is 7. The van der Waals surface area contributed by atoms with Gasteiger partial charge in [-0.05, 0) is 56.5 Å². The molecule has 1 fully saturated rings. The average molecular weight is 496 g/mol. The van der Waals surface area contributed by atoms with E-state index < -0.39 is 11.2 Å². The van der Waals surface area contributed by atoms with Gasteiger partial charge in [-0.1, -0.05) is 6.07 Å². The third-order valence-corrected chi connectivity index (χ3v) is 7.50. The lowest BCUT2D eigenvalue weighted by Gasteiger charge is -2.42. The maximum absolute atomic E-state index is 12.6. The van der Waals surface area contributed by atoms with Gasteiger partial charge in [0.15, 0.2) is 11.5 Å². The fourth-order valence-electron chi connectivity index (χ4n) is 5.69. The third-order valence-electron chi connectivity index (χ3n) is 7.50. The van der Waals surface area contributed by atoms with Crippen LogP contribution in [0.2, 0.25) is 0 Å². The zero-order valence-electron chi connectivity index (χ0n) is 21.0. The van der Waals surface area contributed by atoms with Gasteiger partial charge in [-0.25, -0.2) is 4.79 Å². The maximum Gasteiger partial charge on any atom is 0.328 e. The molecule has 192 valence electrons. The van der Waals surface area contributed by atoms with Crippen LogP contribution in [0.3, 0.4) is 0 Å². The zero-order chi connectivity index (χ0) is 25.2. The standard InChI is InChI=1S/C27H33N3O6/c1-33-21-7-6-8-22-25(21)18-9-12-29(15-17(18)16-36-22)10-4-5-11-30-20-14-24(35-3)23(34-2)13-19(20)26(31)28-27(30)32/h6-8,13-14,17-18H,4-5,9-12,15-16H2,1-3H3,(H,28,31,32)/t17-,18+/m1/s1. The molecule has 2 aliphatic rings. The van der Waals surface area contributed by atoms with Crippen molar-refractivity contribution < 1.29 is 18.9 Å². The van der Waals surface area contributed by atoms with Gasteiger partial charge >= 0.3 is 5.69 Å². The van der Waals surface area contributed by atoms with Crippen molar-refractivity contribution in [3.05, 3.63) is 56.7 Å². The molecular weight excluding hydrogens is 462 g/mol. The number of ether oxygens (including phenoxy) is 4. The minimum Gasteiger partial charge on any atom is -0.496 e. The molecule has 2 aromatic carbocycles. The van der Waals surface area contributed by atoms with Gasteiger partial charge in [-0.2, -0.15) is 0 Å². The number of rotatable bonds is 8. The molecule has 0 radical (unpaired) electrons. The quantitative estimate of drug-likeness (QED) is 0.480. The van der Waals surface area contributed by atoms with Gasteiger partial charge in [0.2, 0.25) is 0 Å². The lowest BCUT2D eigenvalue weighted by atomic mass is 9.78. The molecule has 2 atom stereocenters. The number of nitrogens with zero attached hydrogens (tertiary/aromatic N) is 2. The first-order valence-corrected chi connectivity index (χ1v) is 12.4. The summed E-state index contributed by atoms with van der Waals surface area (Å²) < 4.78 is 24.0. The van der Waals surface area contributed by atoms with Crippen molar-refractivity contribution in [1.82, 2.24) is 14.5 Å². The summed E-state index contributed by atoms with van der Waals surface area (Å²) >= 11 is 0. The van der Waals surface area contributed by atoms with Crippen molar-refractivity contribution in [2.24, 2.45) is 5.92 Å². The number of aromatic amines is 1. The molecule has 2 aliphatic heterocycles. The number of aryl methyl sites for hydroxylation is 1. The molecule has 0 saturated carbocycles. The fraction of sp³-hybridized carbons (Fsp3) is 0.481. The Hall–Kier alpha value is -3.46. The lowest BCUT2D eigenvalue weighted by Crippen LogP contribution is -2.44. The van der Waals surface area contributed by atoms with Crippen LogP contribution in [0.5, 0.6) is 23.0 Å². The summed E-state index contributed by atoms with van der Waals surface area (Å²) in [7, 11) is 4.78. The number of unbranched alkanes of at least 4 members (excludes halogenated alkanes) is 1. The summed E-state index contributed by atoms with van der Waals surface area (Å²) in [6.45, 7) is 4.20. The molecule has 1 aromatic heterocycles. The van der Waals surface area contributed by atoms with E-state index in [0.29, 0.717) is 40.8 Å². The van der Waals surface area contributed by atoms with Crippen LogP contribution < -0.4 is 30.2 Å². The van der Waals surface area contributed by atoms with Crippen molar-refractivity contribution in [3.8, 4) is 23.0 Å². The van der Waals surface area contributed by atoms with Crippen LogP contribution in [0.25, 0.3) is 10.9 Å². The number of H-pyrrole nitrogens is 1. The van der Waals surface area contributed by atoms with Crippen LogP contribution in [0.4, 0.5) is 0 Å². The highest BCUT2D eigenvalue weighted by Gasteiger charge is 2.37. The summed E-state index contributed by atoms with van der Waals surface area (Å²) in [5.74, 6) is 3.71. The molecular formula is C27H33N3O6. The van der Waals surface area contributed by atoms with E-state index >= 15 is 0 Å². The number of nitrogens with one attached hydrogen (secondary N) is 1. The Morgan fingerprint density at radius 3 is 2.53 bits per heavy atom. The molecule has 5 rings (SSSR count). The molecule has 0 amide bonds. The number of piperidine rings is 1. The molecule has 0 spiro atoms. The maximum atomic E-state index is 12.6. The molecule has 9 nitrogen and oxygen atoms in total. The first-order valence-electron chi connectivity index (χ1n) is 12.4. The third kappa shape index (κ3) is 4.43. The Kier molecular flexibility index (Phi) is 6.91. The first kappa shape index (κ1) is 24.2. The number of likely N-dealkylation sites (tertiary alicyclic amines) is 1. The summed E-state index contributed by atoms with van der Waals surface area (Å²) in [5, 5.41) is 0.405. The van der Waals surface area contributed by atoms with Crippen LogP contribution >= 0.6 is 0 Å². The van der Waals surface area contributed by atoms with Gasteiger partial charge in [0.25, 0.3) is 5.56 Å². The van der Waals surface area contributed by atoms with Crippen LogP contribution in [-0.4, -0.2) is 62.0 Å². The average Bonchev–Trinajstić information content (AvgIpc) is 2.91. The Balaban J connectivity index is 1.23. The Morgan fingerprint density at radius 2 is 1.75 bits per heavy atom. The van der Waals surface area contributed by atoms with E-state index in [1.165, 1.54) is 19.8 Å². The number of hydrogen-bond donors (Lipinski definition) is 1. The smallest absolute Gasteiger partial charge is 0.328 e. The van der Waals surface area contributed by atoms with Crippen molar-refractivity contribution in [1.29, 1.82) is 0 Å². The Labute approximate surface area is 209 Å². The minimum atomic E-state index is -0.428. The molecule has 3 aromatic rings. The molecule has 0 aliphatic carbocycles. The second-order valence-electron chi connectivity index (χ2n) is 9.48. The van der Waals surface area contributed by atoms with Crippen LogP contribution in [0.1, 0.15) is 30.7 Å². The van der Waals surface area contributed by atoms with Gasteiger partial charge in [0, 0.05) is 30.6 Å². The van der Waals surface area contributed by atoms with Crippen molar-refractivity contribution in [3.63, 3.8) is 0 Å². The molecule has 0 unspecified atom stereocenters. The summed E-state index contributed by atoms with van der Waals surface area (Å²) in [6, 6.07) is 9.35. The Morgan fingerprint density at radius 1 is 1.00 bits per heavy atom. The highest BCUT2D eigenvalue weighted by atomic mass is 16.5. The predicted molar refractivity (Wildman–Crippen MR) is 137 cm³/mol. The van der Waals surface area contributed by atoms with Crippen molar-refractivity contribution in [2.75, 3.05) is 47.6 Å². The number of benzene rings is 2. The summed E-state index contributed by atoms with van der Waals surface area (Å²) in [5.41, 5.74) is 0.928. The van der Waals surface area contributed by atoms with Gasteiger partial charge in [0.1, 0.15) is 11.5 Å². The molecule has 36 heavy (non-hydrogen) atoms. The summed E-state index contributed by atoms with van der Waals surface area (Å²) in [6.07, 6.45) is 2.83. The van der Waals surface area contributed by atoms with Gasteiger partial charge in [0.05, 0.1) is 38.8 Å². The van der Waals surface area contributed by atoms with E-state index in [1.54, 1.807) is 23.8 Å². The highest BCUT2D eigenvalue weighted by molar-refractivity contribution is 5.82. The second kappa shape index (κ2) is 10.3. The van der Waals surface area contributed by atoms with E-state index in [-0.39, 0.29) is 0 Å². The molecule has 1 saturated heterocycles. The van der Waals surface area contributed by atoms with E-state index in [1.807, 2.05) is 18.2 Å². The minimum absolute atomic E-state index is 0.405. The molecule has 0 bridgehead atoms.